The van der Waals surface area contributed by atoms with Crippen LogP contribution in [0.4, 0.5) is 0 Å². The first-order valence-corrected chi connectivity index (χ1v) is 15.5. The first kappa shape index (κ1) is 27.4. The lowest BCUT2D eigenvalue weighted by atomic mass is 9.91. The van der Waals surface area contributed by atoms with Gasteiger partial charge in [0.2, 0.25) is 0 Å². The van der Waals surface area contributed by atoms with Crippen molar-refractivity contribution in [2.45, 2.75) is 13.8 Å². The van der Waals surface area contributed by atoms with Gasteiger partial charge in [0.15, 0.2) is 0 Å². The van der Waals surface area contributed by atoms with E-state index in [-0.39, 0.29) is 0 Å². The summed E-state index contributed by atoms with van der Waals surface area (Å²) in [5, 5.41) is 7.82. The second-order valence-electron chi connectivity index (χ2n) is 11.0. The molecule has 0 nitrogen and oxygen atoms in total. The second-order valence-corrected chi connectivity index (χ2v) is 11.0. The molecule has 0 aromatic heterocycles. The van der Waals surface area contributed by atoms with Crippen LogP contribution >= 0.6 is 0 Å². The molecule has 0 heteroatoms. The van der Waals surface area contributed by atoms with Gasteiger partial charge in [-0.1, -0.05) is 166 Å². The Balaban J connectivity index is 0.00000153. The number of fused-ring (bicyclic) bond motifs is 6. The van der Waals surface area contributed by atoms with E-state index in [9.17, 15) is 0 Å². The minimum absolute atomic E-state index is 1.22. The van der Waals surface area contributed by atoms with Gasteiger partial charge >= 0.3 is 0 Å². The average molecular weight is 563 g/mol. The predicted octanol–water partition coefficient (Wildman–Crippen LogP) is 12.8. The Morgan fingerprint density at radius 2 is 0.500 bits per heavy atom. The second kappa shape index (κ2) is 12.0. The van der Waals surface area contributed by atoms with Crippen LogP contribution in [0.1, 0.15) is 13.8 Å². The summed E-state index contributed by atoms with van der Waals surface area (Å²) < 4.78 is 0. The van der Waals surface area contributed by atoms with Gasteiger partial charge in [-0.2, -0.15) is 0 Å². The van der Waals surface area contributed by atoms with Gasteiger partial charge in [0.05, 0.1) is 0 Å². The third kappa shape index (κ3) is 5.06. The molecule has 0 radical (unpaired) electrons. The first-order chi connectivity index (χ1) is 21.8. The van der Waals surface area contributed by atoms with Crippen LogP contribution in [-0.4, -0.2) is 0 Å². The average Bonchev–Trinajstić information content (AvgIpc) is 3.13. The fraction of sp³-hybridized carbons (Fsp3) is 0.0455. The number of benzene rings is 8. The summed E-state index contributed by atoms with van der Waals surface area (Å²) in [6, 6.07) is 61.7. The molecule has 0 bridgehead atoms. The van der Waals surface area contributed by atoms with E-state index in [0.29, 0.717) is 0 Å². The molecular weight excluding hydrogens is 528 g/mol. The van der Waals surface area contributed by atoms with Gasteiger partial charge in [-0.25, -0.2) is 0 Å². The zero-order valence-electron chi connectivity index (χ0n) is 25.2. The third-order valence-corrected chi connectivity index (χ3v) is 8.46. The normalized spacial score (nSPS) is 11.0. The fourth-order valence-electron chi connectivity index (χ4n) is 6.33. The van der Waals surface area contributed by atoms with Crippen LogP contribution < -0.4 is 0 Å². The molecule has 0 spiro atoms. The van der Waals surface area contributed by atoms with Gasteiger partial charge in [-0.3, -0.25) is 0 Å². The molecular formula is C44H34. The molecule has 8 aromatic carbocycles. The largest absolute Gasteiger partial charge is 0.0683 e. The van der Waals surface area contributed by atoms with Crippen LogP contribution in [-0.2, 0) is 0 Å². The quantitative estimate of drug-likeness (QED) is 0.187. The molecule has 8 aromatic rings. The third-order valence-electron chi connectivity index (χ3n) is 8.46. The van der Waals surface area contributed by atoms with Crippen molar-refractivity contribution in [2.75, 3.05) is 0 Å². The number of hydrogen-bond donors (Lipinski definition) is 0. The number of rotatable bonds is 4. The van der Waals surface area contributed by atoms with Crippen molar-refractivity contribution < 1.29 is 0 Å². The maximum Gasteiger partial charge on any atom is -0.00928 e. The summed E-state index contributed by atoms with van der Waals surface area (Å²) in [4.78, 5) is 0. The zero-order chi connectivity index (χ0) is 29.9. The first-order valence-electron chi connectivity index (χ1n) is 15.5. The summed E-state index contributed by atoms with van der Waals surface area (Å²) in [5.41, 5.74) is 9.82. The molecule has 0 heterocycles. The Labute approximate surface area is 259 Å². The molecule has 0 aliphatic rings. The maximum absolute atomic E-state index is 2.37. The Bertz CT molecular complexity index is 2190. The molecule has 8 rings (SSSR count). The highest BCUT2D eigenvalue weighted by Crippen LogP contribution is 2.38. The van der Waals surface area contributed by atoms with E-state index < -0.39 is 0 Å². The van der Waals surface area contributed by atoms with Crippen molar-refractivity contribution in [3.05, 3.63) is 170 Å². The van der Waals surface area contributed by atoms with Crippen LogP contribution in [0, 0.1) is 0 Å². The van der Waals surface area contributed by atoms with Gasteiger partial charge in [-0.15, -0.1) is 0 Å². The summed E-state index contributed by atoms with van der Waals surface area (Å²) in [6.45, 7) is 4.00. The van der Waals surface area contributed by atoms with Crippen LogP contribution in [0.15, 0.2) is 170 Å². The van der Waals surface area contributed by atoms with Crippen molar-refractivity contribution in [3.8, 4) is 44.5 Å². The highest BCUT2D eigenvalue weighted by molar-refractivity contribution is 6.25. The highest BCUT2D eigenvalue weighted by Gasteiger charge is 2.10. The minimum atomic E-state index is 1.22. The summed E-state index contributed by atoms with van der Waals surface area (Å²) in [7, 11) is 0. The standard InChI is InChI=1S/C42H28.C2H6/c1-2-10-29(11-3-1)30-20-22-31(23-21-30)32-12-8-13-33(26-32)34-14-9-15-35(27-34)36-24-25-41-39-18-5-4-16-37(39)38-17-6-7-19-40(38)42(41)28-36;1-2/h1-28H;1-2H3. The molecule has 0 amide bonds. The Kier molecular flexibility index (Phi) is 7.49. The van der Waals surface area contributed by atoms with Gasteiger partial charge in [0, 0.05) is 0 Å². The molecule has 44 heavy (non-hydrogen) atoms. The van der Waals surface area contributed by atoms with Gasteiger partial charge in [0.1, 0.15) is 0 Å². The van der Waals surface area contributed by atoms with E-state index in [1.807, 2.05) is 13.8 Å². The molecule has 0 atom stereocenters. The van der Waals surface area contributed by atoms with Crippen LogP contribution in [0.25, 0.3) is 76.8 Å². The van der Waals surface area contributed by atoms with Gasteiger partial charge in [0.25, 0.3) is 0 Å². The van der Waals surface area contributed by atoms with Crippen molar-refractivity contribution in [3.63, 3.8) is 0 Å². The lowest BCUT2D eigenvalue weighted by Crippen LogP contribution is -1.86. The predicted molar refractivity (Wildman–Crippen MR) is 192 cm³/mol. The Hall–Kier alpha value is -5.46. The Morgan fingerprint density at radius 3 is 1.00 bits per heavy atom. The summed E-state index contributed by atoms with van der Waals surface area (Å²) in [5.74, 6) is 0. The van der Waals surface area contributed by atoms with E-state index in [0.717, 1.165) is 0 Å². The molecule has 0 aliphatic heterocycles. The molecule has 0 saturated carbocycles. The lowest BCUT2D eigenvalue weighted by molar-refractivity contribution is 1.50. The maximum atomic E-state index is 2.37. The van der Waals surface area contributed by atoms with E-state index in [4.69, 9.17) is 0 Å². The van der Waals surface area contributed by atoms with E-state index in [1.165, 1.54) is 76.8 Å². The van der Waals surface area contributed by atoms with Crippen molar-refractivity contribution in [1.82, 2.24) is 0 Å². The van der Waals surface area contributed by atoms with Crippen molar-refractivity contribution in [1.29, 1.82) is 0 Å². The van der Waals surface area contributed by atoms with Crippen LogP contribution in [0.3, 0.4) is 0 Å². The molecule has 0 aliphatic carbocycles. The molecule has 210 valence electrons. The van der Waals surface area contributed by atoms with E-state index >= 15 is 0 Å². The smallest absolute Gasteiger partial charge is 0.00928 e. The van der Waals surface area contributed by atoms with E-state index in [1.54, 1.807) is 0 Å². The number of hydrogen-bond acceptors (Lipinski definition) is 0. The Morgan fingerprint density at radius 1 is 0.205 bits per heavy atom. The topological polar surface area (TPSA) is 0 Å². The highest BCUT2D eigenvalue weighted by atomic mass is 14.1. The zero-order valence-corrected chi connectivity index (χ0v) is 25.2. The van der Waals surface area contributed by atoms with Crippen LogP contribution in [0.2, 0.25) is 0 Å². The monoisotopic (exact) mass is 562 g/mol. The molecule has 0 saturated heterocycles. The summed E-state index contributed by atoms with van der Waals surface area (Å²) in [6.07, 6.45) is 0. The van der Waals surface area contributed by atoms with Crippen molar-refractivity contribution >= 4 is 32.3 Å². The minimum Gasteiger partial charge on any atom is -0.0683 e. The molecule has 0 unspecified atom stereocenters. The summed E-state index contributed by atoms with van der Waals surface area (Å²) >= 11 is 0. The molecule has 0 fully saturated rings. The fourth-order valence-corrected chi connectivity index (χ4v) is 6.33. The SMILES string of the molecule is CC.c1ccc(-c2ccc(-c3cccc(-c4cccc(-c5ccc6c7ccccc7c7ccccc7c6c5)c4)c3)cc2)cc1. The van der Waals surface area contributed by atoms with E-state index in [2.05, 4.69) is 170 Å². The van der Waals surface area contributed by atoms with Gasteiger partial charge < -0.3 is 0 Å². The van der Waals surface area contributed by atoms with Crippen molar-refractivity contribution in [2.24, 2.45) is 0 Å². The van der Waals surface area contributed by atoms with Gasteiger partial charge in [-0.05, 0) is 95.0 Å². The van der Waals surface area contributed by atoms with Crippen LogP contribution in [0.5, 0.6) is 0 Å². The lowest BCUT2D eigenvalue weighted by Gasteiger charge is -2.13. The molecule has 0 N–H and O–H groups in total.